The quantitative estimate of drug-likeness (QED) is 0.827. The van der Waals surface area contributed by atoms with Crippen molar-refractivity contribution < 1.29 is 14.0 Å². The first kappa shape index (κ1) is 14.9. The van der Waals surface area contributed by atoms with Gasteiger partial charge in [0.25, 0.3) is 5.91 Å². The first-order valence-corrected chi connectivity index (χ1v) is 6.23. The molecule has 2 N–H and O–H groups in total. The number of likely N-dealkylation sites (N-methyl/N-ethyl adjacent to an activating group) is 1. The number of pyridine rings is 1. The third kappa shape index (κ3) is 3.76. The molecule has 21 heavy (non-hydrogen) atoms. The number of halogens is 2. The van der Waals surface area contributed by atoms with Gasteiger partial charge in [-0.2, -0.15) is 5.10 Å². The number of carbonyl (C=O) groups excluding carboxylic acids is 2. The second-order valence-electron chi connectivity index (χ2n) is 4.05. The maximum absolute atomic E-state index is 13.1. The Kier molecular flexibility index (Phi) is 4.49. The van der Waals surface area contributed by atoms with Gasteiger partial charge in [0.2, 0.25) is 5.91 Å². The van der Waals surface area contributed by atoms with Gasteiger partial charge in [-0.1, -0.05) is 11.6 Å². The highest BCUT2D eigenvalue weighted by Crippen LogP contribution is 2.16. The van der Waals surface area contributed by atoms with E-state index in [2.05, 4.69) is 20.7 Å². The molecule has 0 aliphatic carbocycles. The summed E-state index contributed by atoms with van der Waals surface area (Å²) in [6.07, 6.45) is 3.75. The molecule has 2 rings (SSSR count). The van der Waals surface area contributed by atoms with Gasteiger partial charge in [0.05, 0.1) is 23.6 Å². The van der Waals surface area contributed by atoms with Crippen LogP contribution in [0, 0.1) is 5.82 Å². The number of amides is 2. The number of hydrogen-bond acceptors (Lipinski definition) is 4. The molecule has 2 heterocycles. The Morgan fingerprint density at radius 2 is 2.19 bits per heavy atom. The van der Waals surface area contributed by atoms with Gasteiger partial charge >= 0.3 is 0 Å². The van der Waals surface area contributed by atoms with E-state index in [1.54, 1.807) is 0 Å². The zero-order valence-electron chi connectivity index (χ0n) is 10.9. The van der Waals surface area contributed by atoms with Crippen LogP contribution in [0.1, 0.15) is 10.4 Å². The van der Waals surface area contributed by atoms with E-state index in [1.165, 1.54) is 24.1 Å². The molecule has 2 aromatic heterocycles. The number of nitrogens with zero attached hydrogens (tertiary/aromatic N) is 3. The second-order valence-corrected chi connectivity index (χ2v) is 4.40. The van der Waals surface area contributed by atoms with Crippen LogP contribution in [0.15, 0.2) is 24.7 Å². The van der Waals surface area contributed by atoms with Gasteiger partial charge < -0.3 is 10.6 Å². The van der Waals surface area contributed by atoms with Gasteiger partial charge in [-0.05, 0) is 6.07 Å². The summed E-state index contributed by atoms with van der Waals surface area (Å²) in [5, 5.41) is 8.75. The minimum atomic E-state index is -0.667. The van der Waals surface area contributed by atoms with Crippen molar-refractivity contribution in [3.8, 4) is 0 Å². The predicted octanol–water partition coefficient (Wildman–Crippen LogP) is 1.07. The van der Waals surface area contributed by atoms with E-state index in [-0.39, 0.29) is 23.2 Å². The second kappa shape index (κ2) is 6.31. The van der Waals surface area contributed by atoms with Gasteiger partial charge in [-0.15, -0.1) is 0 Å². The summed E-state index contributed by atoms with van der Waals surface area (Å²) in [5.41, 5.74) is 0.264. The SMILES string of the molecule is CNC(=O)Cn1cc(NC(=O)c2cc(F)cnc2Cl)cn1. The van der Waals surface area contributed by atoms with Crippen molar-refractivity contribution in [2.24, 2.45) is 0 Å². The molecule has 0 radical (unpaired) electrons. The lowest BCUT2D eigenvalue weighted by Crippen LogP contribution is -2.23. The zero-order chi connectivity index (χ0) is 15.4. The van der Waals surface area contributed by atoms with E-state index in [4.69, 9.17) is 11.6 Å². The fourth-order valence-electron chi connectivity index (χ4n) is 1.52. The molecule has 9 heteroatoms. The third-order valence-corrected chi connectivity index (χ3v) is 2.83. The molecule has 0 spiro atoms. The van der Waals surface area contributed by atoms with E-state index in [0.29, 0.717) is 5.69 Å². The summed E-state index contributed by atoms with van der Waals surface area (Å²) in [4.78, 5) is 26.7. The average Bonchev–Trinajstić information content (AvgIpc) is 2.88. The monoisotopic (exact) mass is 311 g/mol. The van der Waals surface area contributed by atoms with E-state index in [9.17, 15) is 14.0 Å². The number of carbonyl (C=O) groups is 2. The van der Waals surface area contributed by atoms with Crippen molar-refractivity contribution in [3.63, 3.8) is 0 Å². The maximum Gasteiger partial charge on any atom is 0.258 e. The summed E-state index contributed by atoms with van der Waals surface area (Å²) in [6.45, 7) is 0.0225. The number of hydrogen-bond donors (Lipinski definition) is 2. The molecule has 0 aliphatic rings. The van der Waals surface area contributed by atoms with Crippen LogP contribution in [0.2, 0.25) is 5.15 Å². The van der Waals surface area contributed by atoms with Crippen LogP contribution in [-0.4, -0.2) is 33.6 Å². The number of aromatic nitrogens is 3. The molecule has 0 atom stereocenters. The highest BCUT2D eigenvalue weighted by atomic mass is 35.5. The molecule has 2 aromatic rings. The van der Waals surface area contributed by atoms with Crippen LogP contribution in [-0.2, 0) is 11.3 Å². The molecule has 110 valence electrons. The summed E-state index contributed by atoms with van der Waals surface area (Å²) < 4.78 is 14.4. The van der Waals surface area contributed by atoms with E-state index in [0.717, 1.165) is 12.3 Å². The standard InChI is InChI=1S/C12H11ClFN5O2/c1-15-10(20)6-19-5-8(4-17-19)18-12(21)9-2-7(14)3-16-11(9)13/h2-5H,6H2,1H3,(H,15,20)(H,18,21). The van der Waals surface area contributed by atoms with Crippen molar-refractivity contribution in [2.75, 3.05) is 12.4 Å². The smallest absolute Gasteiger partial charge is 0.258 e. The molecule has 0 unspecified atom stereocenters. The summed E-state index contributed by atoms with van der Waals surface area (Å²) >= 11 is 5.74. The lowest BCUT2D eigenvalue weighted by atomic mass is 10.2. The fourth-order valence-corrected chi connectivity index (χ4v) is 1.71. The third-order valence-electron chi connectivity index (χ3n) is 2.53. The number of rotatable bonds is 4. The van der Waals surface area contributed by atoms with Crippen molar-refractivity contribution in [1.82, 2.24) is 20.1 Å². The van der Waals surface area contributed by atoms with Crippen LogP contribution < -0.4 is 10.6 Å². The Labute approximate surface area is 124 Å². The maximum atomic E-state index is 13.1. The van der Waals surface area contributed by atoms with Gasteiger partial charge in [-0.25, -0.2) is 9.37 Å². The Morgan fingerprint density at radius 3 is 2.90 bits per heavy atom. The van der Waals surface area contributed by atoms with Crippen LogP contribution in [0.5, 0.6) is 0 Å². The Bertz CT molecular complexity index is 688. The largest absolute Gasteiger partial charge is 0.358 e. The van der Waals surface area contributed by atoms with E-state index in [1.807, 2.05) is 0 Å². The molecule has 0 aromatic carbocycles. The minimum absolute atomic E-state index is 0.0225. The average molecular weight is 312 g/mol. The molecule has 7 nitrogen and oxygen atoms in total. The normalized spacial score (nSPS) is 10.2. The minimum Gasteiger partial charge on any atom is -0.358 e. The molecular formula is C12H11ClFN5O2. The number of nitrogens with one attached hydrogen (secondary N) is 2. The van der Waals surface area contributed by atoms with Crippen molar-refractivity contribution in [1.29, 1.82) is 0 Å². The van der Waals surface area contributed by atoms with E-state index < -0.39 is 11.7 Å². The number of anilines is 1. The topological polar surface area (TPSA) is 88.9 Å². The molecule has 0 aliphatic heterocycles. The van der Waals surface area contributed by atoms with E-state index >= 15 is 0 Å². The van der Waals surface area contributed by atoms with Gasteiger partial charge in [0, 0.05) is 13.2 Å². The Balaban J connectivity index is 2.09. The molecular weight excluding hydrogens is 301 g/mol. The lowest BCUT2D eigenvalue weighted by molar-refractivity contribution is -0.121. The lowest BCUT2D eigenvalue weighted by Gasteiger charge is -2.04. The Morgan fingerprint density at radius 1 is 1.43 bits per heavy atom. The predicted molar refractivity (Wildman–Crippen MR) is 73.5 cm³/mol. The van der Waals surface area contributed by atoms with Crippen LogP contribution in [0.3, 0.4) is 0 Å². The zero-order valence-corrected chi connectivity index (χ0v) is 11.7. The highest BCUT2D eigenvalue weighted by molar-refractivity contribution is 6.33. The van der Waals surface area contributed by atoms with Crippen LogP contribution in [0.4, 0.5) is 10.1 Å². The molecule has 2 amide bonds. The van der Waals surface area contributed by atoms with Crippen LogP contribution >= 0.6 is 11.6 Å². The van der Waals surface area contributed by atoms with Gasteiger partial charge in [0.1, 0.15) is 17.5 Å². The summed E-state index contributed by atoms with van der Waals surface area (Å²) in [7, 11) is 1.51. The van der Waals surface area contributed by atoms with Crippen molar-refractivity contribution in [2.45, 2.75) is 6.54 Å². The molecule has 0 saturated heterocycles. The summed E-state index contributed by atoms with van der Waals surface area (Å²) in [5.74, 6) is -1.51. The van der Waals surface area contributed by atoms with Gasteiger partial charge in [0.15, 0.2) is 0 Å². The Hall–Kier alpha value is -2.48. The highest BCUT2D eigenvalue weighted by Gasteiger charge is 2.14. The molecule has 0 fully saturated rings. The van der Waals surface area contributed by atoms with Crippen molar-refractivity contribution >= 4 is 29.1 Å². The fraction of sp³-hybridized carbons (Fsp3) is 0.167. The van der Waals surface area contributed by atoms with Crippen molar-refractivity contribution in [3.05, 3.63) is 41.2 Å². The molecule has 0 saturated carbocycles. The summed E-state index contributed by atoms with van der Waals surface area (Å²) in [6, 6.07) is 0.986. The first-order chi connectivity index (χ1) is 9.99. The first-order valence-electron chi connectivity index (χ1n) is 5.85. The van der Waals surface area contributed by atoms with Gasteiger partial charge in [-0.3, -0.25) is 14.3 Å². The molecule has 0 bridgehead atoms. The van der Waals surface area contributed by atoms with Crippen LogP contribution in [0.25, 0.3) is 0 Å².